The van der Waals surface area contributed by atoms with Crippen molar-refractivity contribution < 1.29 is 42.3 Å². The molecule has 4 N–H and O–H groups in total. The van der Waals surface area contributed by atoms with Crippen LogP contribution in [-0.2, 0) is 0 Å². The second-order valence-electron chi connectivity index (χ2n) is 0.600. The molecule has 0 unspecified atom stereocenters. The molecule has 0 aliphatic rings. The third-order valence-corrected chi connectivity index (χ3v) is 0. The normalized spacial score (nSPS) is 8.57. The van der Waals surface area contributed by atoms with Gasteiger partial charge in [-0.1, -0.05) is 0 Å². The van der Waals surface area contributed by atoms with Crippen molar-refractivity contribution in [1.82, 2.24) is 0 Å². The van der Waals surface area contributed by atoms with E-state index >= 15 is 0 Å². The van der Waals surface area contributed by atoms with Gasteiger partial charge in [-0.3, -0.25) is 0 Å². The summed E-state index contributed by atoms with van der Waals surface area (Å²) in [6, 6.07) is 0. The molecule has 0 aromatic heterocycles. The zero-order valence-electron chi connectivity index (χ0n) is 7.00. The summed E-state index contributed by atoms with van der Waals surface area (Å²) in [5.74, 6) is 0. The van der Waals surface area contributed by atoms with E-state index in [4.69, 9.17) is 19.2 Å². The van der Waals surface area contributed by atoms with E-state index in [2.05, 4.69) is 0 Å². The summed E-state index contributed by atoms with van der Waals surface area (Å²) in [7, 11) is -4.61. The van der Waals surface area contributed by atoms with Gasteiger partial charge in [0.2, 0.25) is 0 Å². The Labute approximate surface area is 88.3 Å². The summed E-state index contributed by atoms with van der Waals surface area (Å²) in [5.41, 5.74) is 0. The smallest absolute Gasteiger partial charge is 1.00 e. The van der Waals surface area contributed by atoms with Gasteiger partial charge in [-0.25, -0.2) is 0 Å². The van der Waals surface area contributed by atoms with Gasteiger partial charge in [-0.15, -0.1) is 0 Å². The molecule has 0 saturated heterocycles. The van der Waals surface area contributed by atoms with Crippen LogP contribution in [0.15, 0.2) is 0 Å². The molecule has 0 rings (SSSR count). The monoisotopic (exact) mass is 146 g/mol. The minimum absolute atomic E-state index is 0. The SMILES string of the molecule is O[Si](O)(O)O.[Ca+2].[H-].[H-].[H-].[Li+]. The van der Waals surface area contributed by atoms with Crippen LogP contribution in [0.3, 0.4) is 0 Å². The maximum atomic E-state index is 7.33. The predicted molar refractivity (Wildman–Crippen MR) is 23.7 cm³/mol. The number of hydrogen-bond donors (Lipinski definition) is 4. The van der Waals surface area contributed by atoms with Gasteiger partial charge in [-0.2, -0.15) is 0 Å². The molecule has 0 atom stereocenters. The molecule has 38 valence electrons. The zero-order chi connectivity index (χ0) is 4.50. The molecule has 0 heterocycles. The van der Waals surface area contributed by atoms with Crippen LogP contribution in [0.4, 0.5) is 0 Å². The van der Waals surface area contributed by atoms with Gasteiger partial charge in [-0.05, 0) is 0 Å². The standard InChI is InChI=1S/Ca.Li.H4O4Si.3H/c;;1-5(2,3)4;;;/h;;1-4H;;;/q+2;+1;;3*-1. The average Bonchev–Trinajstić information content (AvgIpc) is 0.722. The van der Waals surface area contributed by atoms with Crippen molar-refractivity contribution in [1.29, 1.82) is 0 Å². The van der Waals surface area contributed by atoms with Gasteiger partial charge < -0.3 is 23.5 Å². The molecule has 0 fully saturated rings. The Hall–Kier alpha value is 1.91. The van der Waals surface area contributed by atoms with E-state index in [1.165, 1.54) is 0 Å². The fraction of sp³-hybridized carbons (Fsp3) is 0. The predicted octanol–water partition coefficient (Wildman–Crippen LogP) is -5.65. The van der Waals surface area contributed by atoms with Gasteiger partial charge in [0.1, 0.15) is 0 Å². The van der Waals surface area contributed by atoms with Crippen molar-refractivity contribution >= 4 is 46.8 Å². The first-order chi connectivity index (χ1) is 2.00. The van der Waals surface area contributed by atoms with Gasteiger partial charge in [0.15, 0.2) is 0 Å². The summed E-state index contributed by atoms with van der Waals surface area (Å²) >= 11 is 0. The van der Waals surface area contributed by atoms with Gasteiger partial charge in [0.25, 0.3) is 0 Å². The number of rotatable bonds is 0. The van der Waals surface area contributed by atoms with Crippen molar-refractivity contribution in [3.63, 3.8) is 0 Å². The Kier molecular flexibility index (Phi) is 13.8. The maximum Gasteiger partial charge on any atom is 2.00 e. The molecule has 7 heavy (non-hydrogen) atoms. The Bertz CT molecular complexity index is 36.0. The van der Waals surface area contributed by atoms with Crippen LogP contribution in [0.2, 0.25) is 0 Å². The largest absolute Gasteiger partial charge is 2.00 e. The topological polar surface area (TPSA) is 80.9 Å². The molecule has 0 saturated carbocycles. The van der Waals surface area contributed by atoms with Crippen LogP contribution < -0.4 is 18.9 Å². The second kappa shape index (κ2) is 6.04. The quantitative estimate of drug-likeness (QED) is 0.257. The van der Waals surface area contributed by atoms with Crippen LogP contribution in [0.25, 0.3) is 0 Å². The maximum absolute atomic E-state index is 7.33. The van der Waals surface area contributed by atoms with E-state index in [9.17, 15) is 0 Å². The summed E-state index contributed by atoms with van der Waals surface area (Å²) in [6.45, 7) is 0. The molecule has 0 aliphatic heterocycles. The molecule has 0 aromatic carbocycles. The Balaban J connectivity index is -0.00000000800. The Morgan fingerprint density at radius 2 is 1.00 bits per heavy atom. The second-order valence-corrected chi connectivity index (χ2v) is 1.80. The minimum Gasteiger partial charge on any atom is -1.00 e. The molecule has 4 nitrogen and oxygen atoms in total. The molecule has 0 spiro atoms. The minimum atomic E-state index is -4.61. The first-order valence-corrected chi connectivity index (χ1v) is 2.68. The van der Waals surface area contributed by atoms with Crippen molar-refractivity contribution in [2.75, 3.05) is 0 Å². The van der Waals surface area contributed by atoms with Crippen LogP contribution in [0.1, 0.15) is 4.28 Å². The summed E-state index contributed by atoms with van der Waals surface area (Å²) < 4.78 is 0. The van der Waals surface area contributed by atoms with E-state index < -0.39 is 9.05 Å². The fourth-order valence-corrected chi connectivity index (χ4v) is 0. The molecule has 0 radical (unpaired) electrons. The van der Waals surface area contributed by atoms with Crippen molar-refractivity contribution in [2.24, 2.45) is 0 Å². The van der Waals surface area contributed by atoms with Gasteiger partial charge >= 0.3 is 65.6 Å². The van der Waals surface area contributed by atoms with E-state index in [0.717, 1.165) is 0 Å². The van der Waals surface area contributed by atoms with Gasteiger partial charge in [0, 0.05) is 0 Å². The Morgan fingerprint density at radius 1 is 1.00 bits per heavy atom. The van der Waals surface area contributed by atoms with Gasteiger partial charge in [0.05, 0.1) is 0 Å². The molecular weight excluding hydrogens is 139 g/mol. The van der Waals surface area contributed by atoms with E-state index in [-0.39, 0.29) is 60.9 Å². The van der Waals surface area contributed by atoms with Crippen LogP contribution in [-0.4, -0.2) is 66.0 Å². The van der Waals surface area contributed by atoms with Crippen LogP contribution in [0, 0.1) is 0 Å². The first kappa shape index (κ1) is 16.0. The van der Waals surface area contributed by atoms with Crippen molar-refractivity contribution in [3.05, 3.63) is 0 Å². The molecule has 0 bridgehead atoms. The summed E-state index contributed by atoms with van der Waals surface area (Å²) in [5, 5.41) is 0. The molecule has 0 aliphatic carbocycles. The van der Waals surface area contributed by atoms with E-state index in [1.807, 2.05) is 0 Å². The third kappa shape index (κ3) is 75.6. The first-order valence-electron chi connectivity index (χ1n) is 0.894. The molecule has 0 amide bonds. The third-order valence-electron chi connectivity index (χ3n) is 0. The Morgan fingerprint density at radius 3 is 1.00 bits per heavy atom. The molecule has 0 aromatic rings. The van der Waals surface area contributed by atoms with E-state index in [1.54, 1.807) is 0 Å². The zero-order valence-corrected chi connectivity index (χ0v) is 7.20. The molecule has 7 heteroatoms. The van der Waals surface area contributed by atoms with Crippen molar-refractivity contribution in [2.45, 2.75) is 0 Å². The van der Waals surface area contributed by atoms with E-state index in [0.29, 0.717) is 0 Å². The van der Waals surface area contributed by atoms with Crippen LogP contribution in [0.5, 0.6) is 0 Å². The summed E-state index contributed by atoms with van der Waals surface area (Å²) in [6.07, 6.45) is 0. The fourth-order valence-electron chi connectivity index (χ4n) is 0. The summed E-state index contributed by atoms with van der Waals surface area (Å²) in [4.78, 5) is 29.3. The van der Waals surface area contributed by atoms with Crippen LogP contribution >= 0.6 is 0 Å². The molecular formula is H7CaLiO4Si. The van der Waals surface area contributed by atoms with Crippen molar-refractivity contribution in [3.8, 4) is 0 Å². The number of hydrogen-bond acceptors (Lipinski definition) is 4. The average molecular weight is 146 g/mol.